The second-order valence-corrected chi connectivity index (χ2v) is 8.24. The van der Waals surface area contributed by atoms with Gasteiger partial charge in [-0.15, -0.1) is 16.4 Å². The number of morpholine rings is 1. The number of aromatic nitrogens is 4. The Morgan fingerprint density at radius 1 is 1.11 bits per heavy atom. The molecule has 3 aromatic rings. The number of nitrogens with two attached hydrogens (primary N) is 1. The molecule has 1 saturated heterocycles. The average molecular weight is 401 g/mol. The smallest absolute Gasteiger partial charge is 0.312 e. The van der Waals surface area contributed by atoms with Gasteiger partial charge in [-0.05, 0) is 31.2 Å². The third kappa shape index (κ3) is 3.54. The van der Waals surface area contributed by atoms with E-state index in [1.54, 1.807) is 0 Å². The van der Waals surface area contributed by atoms with E-state index in [0.29, 0.717) is 12.4 Å². The van der Waals surface area contributed by atoms with Crippen LogP contribution < -0.4 is 11.1 Å². The van der Waals surface area contributed by atoms with Crippen LogP contribution in [-0.2, 0) is 30.7 Å². The summed E-state index contributed by atoms with van der Waals surface area (Å²) in [6.45, 7) is 4.46. The summed E-state index contributed by atoms with van der Waals surface area (Å²) in [5.41, 5.74) is 6.93. The van der Waals surface area contributed by atoms with Crippen molar-refractivity contribution in [2.75, 3.05) is 37.4 Å². The van der Waals surface area contributed by atoms with E-state index in [-0.39, 0.29) is 6.01 Å². The second-order valence-electron chi connectivity index (χ2n) is 7.16. The topological polar surface area (TPSA) is 115 Å². The molecule has 1 fully saturated rings. The zero-order valence-electron chi connectivity index (χ0n) is 15.6. The lowest BCUT2D eigenvalue weighted by Crippen LogP contribution is -2.36. The molecule has 9 nitrogen and oxygen atoms in total. The molecule has 0 aromatic carbocycles. The number of ether oxygens (including phenoxy) is 1. The molecule has 1 aliphatic heterocycles. The van der Waals surface area contributed by atoms with Crippen molar-refractivity contribution in [1.29, 1.82) is 0 Å². The number of thiophene rings is 1. The van der Waals surface area contributed by atoms with Gasteiger partial charge in [-0.1, -0.05) is 5.10 Å². The Labute approximate surface area is 166 Å². The molecule has 0 radical (unpaired) electrons. The van der Waals surface area contributed by atoms with Crippen molar-refractivity contribution in [2.45, 2.75) is 38.8 Å². The number of anilines is 2. The van der Waals surface area contributed by atoms with Gasteiger partial charge in [0, 0.05) is 18.0 Å². The van der Waals surface area contributed by atoms with Gasteiger partial charge in [-0.25, -0.2) is 9.97 Å². The minimum absolute atomic E-state index is 0.0746. The maximum Gasteiger partial charge on any atom is 0.312 e. The highest BCUT2D eigenvalue weighted by Gasteiger charge is 2.22. The lowest BCUT2D eigenvalue weighted by molar-refractivity contribution is 0.0331. The van der Waals surface area contributed by atoms with Gasteiger partial charge in [0.1, 0.15) is 16.5 Å². The summed E-state index contributed by atoms with van der Waals surface area (Å²) in [5, 5.41) is 12.2. The Bertz CT molecular complexity index is 980. The van der Waals surface area contributed by atoms with Crippen LogP contribution in [0, 0.1) is 0 Å². The molecule has 1 aliphatic carbocycles. The van der Waals surface area contributed by atoms with Gasteiger partial charge < -0.3 is 20.2 Å². The Balaban J connectivity index is 1.48. The lowest BCUT2D eigenvalue weighted by atomic mass is 9.97. The number of nitrogens with one attached hydrogen (secondary N) is 1. The van der Waals surface area contributed by atoms with Crippen molar-refractivity contribution < 1.29 is 9.15 Å². The van der Waals surface area contributed by atoms with Crippen molar-refractivity contribution in [2.24, 2.45) is 0 Å². The molecule has 148 valence electrons. The van der Waals surface area contributed by atoms with Crippen LogP contribution in [0.15, 0.2) is 4.42 Å². The first kappa shape index (κ1) is 17.8. The van der Waals surface area contributed by atoms with E-state index in [0.717, 1.165) is 67.5 Å². The van der Waals surface area contributed by atoms with E-state index in [4.69, 9.17) is 24.9 Å². The van der Waals surface area contributed by atoms with Crippen LogP contribution in [-0.4, -0.2) is 51.4 Å². The zero-order valence-corrected chi connectivity index (χ0v) is 16.4. The summed E-state index contributed by atoms with van der Waals surface area (Å²) in [6, 6.07) is 0.0746. The van der Waals surface area contributed by atoms with Crippen LogP contribution >= 0.6 is 11.3 Å². The van der Waals surface area contributed by atoms with Gasteiger partial charge in [-0.3, -0.25) is 4.90 Å². The number of nitrogens with zero attached hydrogens (tertiary/aromatic N) is 5. The fourth-order valence-corrected chi connectivity index (χ4v) is 5.14. The van der Waals surface area contributed by atoms with Crippen molar-refractivity contribution in [3.8, 4) is 0 Å². The molecule has 0 bridgehead atoms. The molecule has 0 spiro atoms. The van der Waals surface area contributed by atoms with E-state index in [9.17, 15) is 0 Å². The van der Waals surface area contributed by atoms with Crippen LogP contribution in [0.3, 0.4) is 0 Å². The summed E-state index contributed by atoms with van der Waals surface area (Å²) in [5.74, 6) is 2.13. The van der Waals surface area contributed by atoms with Gasteiger partial charge in [0.2, 0.25) is 5.89 Å². The van der Waals surface area contributed by atoms with Crippen LogP contribution in [0.5, 0.6) is 0 Å². The predicted molar refractivity (Wildman–Crippen MR) is 106 cm³/mol. The van der Waals surface area contributed by atoms with Crippen molar-refractivity contribution in [3.05, 3.63) is 22.2 Å². The normalized spacial score (nSPS) is 17.7. The van der Waals surface area contributed by atoms with Gasteiger partial charge >= 0.3 is 6.01 Å². The number of rotatable bonds is 5. The molecular weight excluding hydrogens is 378 g/mol. The van der Waals surface area contributed by atoms with Gasteiger partial charge in [-0.2, -0.15) is 0 Å². The predicted octanol–water partition coefficient (Wildman–Crippen LogP) is 1.98. The van der Waals surface area contributed by atoms with E-state index in [1.165, 1.54) is 23.3 Å². The molecule has 10 heteroatoms. The van der Waals surface area contributed by atoms with Crippen LogP contribution in [0.2, 0.25) is 0 Å². The Kier molecular flexibility index (Phi) is 4.83. The lowest BCUT2D eigenvalue weighted by Gasteiger charge is -2.25. The average Bonchev–Trinajstić information content (AvgIpc) is 3.30. The maximum atomic E-state index is 5.53. The molecule has 3 N–H and O–H groups in total. The monoisotopic (exact) mass is 401 g/mol. The van der Waals surface area contributed by atoms with Crippen LogP contribution in [0.25, 0.3) is 10.2 Å². The SMILES string of the molecule is Nc1nnc(CNc2nc(CN3CCOCC3)nc3sc4c(c23)CCCC4)o1. The second kappa shape index (κ2) is 7.61. The minimum atomic E-state index is 0.0746. The largest absolute Gasteiger partial charge is 0.406 e. The highest BCUT2D eigenvalue weighted by atomic mass is 32.1. The summed E-state index contributed by atoms with van der Waals surface area (Å²) in [7, 11) is 0. The molecule has 0 atom stereocenters. The number of fused-ring (bicyclic) bond motifs is 3. The fraction of sp³-hybridized carbons (Fsp3) is 0.556. The molecule has 5 rings (SSSR count). The molecule has 0 saturated carbocycles. The highest BCUT2D eigenvalue weighted by Crippen LogP contribution is 2.38. The van der Waals surface area contributed by atoms with Gasteiger partial charge in [0.05, 0.1) is 31.7 Å². The molecular formula is C18H23N7O2S. The summed E-state index contributed by atoms with van der Waals surface area (Å²) >= 11 is 1.81. The first-order valence-electron chi connectivity index (χ1n) is 9.69. The first-order chi connectivity index (χ1) is 13.8. The zero-order chi connectivity index (χ0) is 18.9. The maximum absolute atomic E-state index is 5.53. The Morgan fingerprint density at radius 3 is 2.79 bits per heavy atom. The fourth-order valence-electron chi connectivity index (χ4n) is 3.86. The molecule has 2 aliphatic rings. The summed E-state index contributed by atoms with van der Waals surface area (Å²) in [4.78, 5) is 14.6. The molecule has 28 heavy (non-hydrogen) atoms. The minimum Gasteiger partial charge on any atom is -0.406 e. The van der Waals surface area contributed by atoms with E-state index < -0.39 is 0 Å². The number of aryl methyl sites for hydroxylation is 2. The standard InChI is InChI=1S/C18H23N7O2S/c19-18-24-23-14(27-18)9-20-16-15-11-3-1-2-4-12(11)28-17(15)22-13(21-16)10-25-5-7-26-8-6-25/h1-10H2,(H2,19,24)(H,20,21,22). The van der Waals surface area contributed by atoms with E-state index in [2.05, 4.69) is 20.4 Å². The van der Waals surface area contributed by atoms with Crippen LogP contribution in [0.1, 0.15) is 35.0 Å². The third-order valence-electron chi connectivity index (χ3n) is 5.22. The highest BCUT2D eigenvalue weighted by molar-refractivity contribution is 7.19. The molecule has 0 amide bonds. The number of hydrogen-bond acceptors (Lipinski definition) is 10. The number of nitrogen functional groups attached to an aromatic ring is 1. The summed E-state index contributed by atoms with van der Waals surface area (Å²) < 4.78 is 10.7. The van der Waals surface area contributed by atoms with Gasteiger partial charge in [0.15, 0.2) is 0 Å². The third-order valence-corrected chi connectivity index (χ3v) is 6.40. The van der Waals surface area contributed by atoms with Crippen LogP contribution in [0.4, 0.5) is 11.8 Å². The quantitative estimate of drug-likeness (QED) is 0.662. The van der Waals surface area contributed by atoms with E-state index >= 15 is 0 Å². The Hall–Kier alpha value is -2.30. The molecule has 0 unspecified atom stereocenters. The van der Waals surface area contributed by atoms with Crippen molar-refractivity contribution in [1.82, 2.24) is 25.1 Å². The van der Waals surface area contributed by atoms with Crippen molar-refractivity contribution >= 4 is 33.4 Å². The summed E-state index contributed by atoms with van der Waals surface area (Å²) in [6.07, 6.45) is 4.68. The Morgan fingerprint density at radius 2 is 1.96 bits per heavy atom. The molecule has 4 heterocycles. The molecule has 3 aromatic heterocycles. The first-order valence-corrected chi connectivity index (χ1v) is 10.5. The van der Waals surface area contributed by atoms with Crippen molar-refractivity contribution in [3.63, 3.8) is 0 Å². The van der Waals surface area contributed by atoms with Gasteiger partial charge in [0.25, 0.3) is 0 Å². The number of hydrogen-bond donors (Lipinski definition) is 2. The van der Waals surface area contributed by atoms with E-state index in [1.807, 2.05) is 11.3 Å².